The number of esters is 1. The number of hydrogen-bond acceptors (Lipinski definition) is 4. The number of hydrogen-bond donors (Lipinski definition) is 1. The molecule has 3 rings (SSSR count). The Morgan fingerprint density at radius 3 is 2.39 bits per heavy atom. The maximum absolute atomic E-state index is 13.1. The zero-order valence-electron chi connectivity index (χ0n) is 18.1. The van der Waals surface area contributed by atoms with E-state index in [-0.39, 0.29) is 13.2 Å². The van der Waals surface area contributed by atoms with Gasteiger partial charge in [-0.1, -0.05) is 30.3 Å². The molecule has 0 bridgehead atoms. The number of benzene rings is 3. The fraction of sp³-hybridized carbons (Fsp3) is 0.192. The third-order valence-electron chi connectivity index (χ3n) is 5.03. The molecule has 172 valence electrons. The van der Waals surface area contributed by atoms with Crippen LogP contribution in [0, 0.1) is 0 Å². The van der Waals surface area contributed by atoms with E-state index in [0.717, 1.165) is 23.3 Å². The SMILES string of the molecule is CCOC(=O)/C=C/c1cc(OC)ccc1-c1ccc(-c2cccc(C(F)(F)F)c2)c(CO)c1. The van der Waals surface area contributed by atoms with Gasteiger partial charge in [-0.15, -0.1) is 0 Å². The van der Waals surface area contributed by atoms with Gasteiger partial charge < -0.3 is 14.6 Å². The first kappa shape index (κ1) is 24.1. The Morgan fingerprint density at radius 1 is 1.00 bits per heavy atom. The first-order valence-electron chi connectivity index (χ1n) is 10.2. The first-order chi connectivity index (χ1) is 15.8. The molecule has 0 fully saturated rings. The molecule has 0 saturated heterocycles. The van der Waals surface area contributed by atoms with Crippen molar-refractivity contribution in [3.63, 3.8) is 0 Å². The normalized spacial score (nSPS) is 11.6. The monoisotopic (exact) mass is 456 g/mol. The minimum atomic E-state index is -4.46. The Hall–Kier alpha value is -3.58. The summed E-state index contributed by atoms with van der Waals surface area (Å²) in [4.78, 5) is 11.8. The minimum Gasteiger partial charge on any atom is -0.497 e. The average molecular weight is 456 g/mol. The second-order valence-electron chi connectivity index (χ2n) is 7.15. The highest BCUT2D eigenvalue weighted by Crippen LogP contribution is 2.36. The van der Waals surface area contributed by atoms with E-state index in [4.69, 9.17) is 9.47 Å². The molecule has 7 heteroatoms. The summed E-state index contributed by atoms with van der Waals surface area (Å²) in [5, 5.41) is 9.95. The quantitative estimate of drug-likeness (QED) is 0.344. The predicted octanol–water partition coefficient (Wildman–Crippen LogP) is 6.12. The van der Waals surface area contributed by atoms with Crippen LogP contribution >= 0.6 is 0 Å². The van der Waals surface area contributed by atoms with E-state index in [0.29, 0.717) is 28.0 Å². The zero-order valence-corrected chi connectivity index (χ0v) is 18.1. The van der Waals surface area contributed by atoms with Crippen LogP contribution in [-0.2, 0) is 22.3 Å². The molecule has 0 aliphatic carbocycles. The second-order valence-corrected chi connectivity index (χ2v) is 7.15. The molecule has 0 atom stereocenters. The summed E-state index contributed by atoms with van der Waals surface area (Å²) >= 11 is 0. The lowest BCUT2D eigenvalue weighted by Gasteiger charge is -2.14. The highest BCUT2D eigenvalue weighted by Gasteiger charge is 2.30. The van der Waals surface area contributed by atoms with Crippen molar-refractivity contribution in [2.45, 2.75) is 19.7 Å². The van der Waals surface area contributed by atoms with E-state index in [2.05, 4.69) is 0 Å². The highest BCUT2D eigenvalue weighted by molar-refractivity contribution is 5.89. The van der Waals surface area contributed by atoms with Crippen LogP contribution < -0.4 is 4.74 Å². The van der Waals surface area contributed by atoms with Gasteiger partial charge >= 0.3 is 12.1 Å². The Labute approximate surface area is 189 Å². The van der Waals surface area contributed by atoms with Gasteiger partial charge in [-0.05, 0) is 76.7 Å². The van der Waals surface area contributed by atoms with E-state index >= 15 is 0 Å². The average Bonchev–Trinajstić information content (AvgIpc) is 2.82. The van der Waals surface area contributed by atoms with Crippen LogP contribution in [0.3, 0.4) is 0 Å². The number of carbonyl (C=O) groups is 1. The van der Waals surface area contributed by atoms with Crippen molar-refractivity contribution in [2.24, 2.45) is 0 Å². The van der Waals surface area contributed by atoms with Gasteiger partial charge in [-0.2, -0.15) is 13.2 Å². The number of aliphatic hydroxyl groups is 1. The van der Waals surface area contributed by atoms with Crippen molar-refractivity contribution in [3.05, 3.63) is 83.4 Å². The maximum Gasteiger partial charge on any atom is 0.416 e. The lowest BCUT2D eigenvalue weighted by molar-refractivity contribution is -0.138. The van der Waals surface area contributed by atoms with Gasteiger partial charge in [0.1, 0.15) is 5.75 Å². The second kappa shape index (κ2) is 10.4. The maximum atomic E-state index is 13.1. The van der Waals surface area contributed by atoms with Gasteiger partial charge in [0, 0.05) is 6.08 Å². The van der Waals surface area contributed by atoms with Gasteiger partial charge in [0.15, 0.2) is 0 Å². The van der Waals surface area contributed by atoms with Crippen LogP contribution in [0.2, 0.25) is 0 Å². The van der Waals surface area contributed by atoms with Crippen molar-refractivity contribution < 1.29 is 32.5 Å². The standard InChI is InChI=1S/C26H23F3O4/c1-3-33-25(31)12-8-19-15-22(32-2)9-11-23(19)18-7-10-24(20(13-18)16-30)17-5-4-6-21(14-17)26(27,28)29/h4-15,30H,3,16H2,1-2H3/b12-8+. The molecule has 1 N–H and O–H groups in total. The third-order valence-corrected chi connectivity index (χ3v) is 5.03. The van der Waals surface area contributed by atoms with Crippen molar-refractivity contribution >= 4 is 12.0 Å². The lowest BCUT2D eigenvalue weighted by atomic mass is 9.92. The molecule has 0 aliphatic rings. The van der Waals surface area contributed by atoms with Gasteiger partial charge in [0.2, 0.25) is 0 Å². The molecule has 3 aromatic carbocycles. The first-order valence-corrected chi connectivity index (χ1v) is 10.2. The summed E-state index contributed by atoms with van der Waals surface area (Å²) in [6, 6.07) is 15.5. The number of ether oxygens (including phenoxy) is 2. The van der Waals surface area contributed by atoms with Gasteiger partial charge in [-0.25, -0.2) is 4.79 Å². The van der Waals surface area contributed by atoms with Gasteiger partial charge in [-0.3, -0.25) is 0 Å². The van der Waals surface area contributed by atoms with Crippen molar-refractivity contribution in [1.29, 1.82) is 0 Å². The Morgan fingerprint density at radius 2 is 1.73 bits per heavy atom. The Bertz CT molecular complexity index is 1170. The molecule has 0 saturated carbocycles. The number of rotatable bonds is 7. The predicted molar refractivity (Wildman–Crippen MR) is 120 cm³/mol. The van der Waals surface area contributed by atoms with Crippen LogP contribution in [0.15, 0.2) is 66.7 Å². The van der Waals surface area contributed by atoms with E-state index < -0.39 is 17.7 Å². The van der Waals surface area contributed by atoms with Crippen LogP contribution in [0.4, 0.5) is 13.2 Å². The zero-order chi connectivity index (χ0) is 24.0. The molecule has 0 radical (unpaired) electrons. The third kappa shape index (κ3) is 5.81. The van der Waals surface area contributed by atoms with E-state index in [1.165, 1.54) is 19.3 Å². The highest BCUT2D eigenvalue weighted by atomic mass is 19.4. The Balaban J connectivity index is 2.06. The smallest absolute Gasteiger partial charge is 0.416 e. The summed E-state index contributed by atoms with van der Waals surface area (Å²) in [7, 11) is 1.53. The van der Waals surface area contributed by atoms with Crippen LogP contribution in [0.25, 0.3) is 28.3 Å². The fourth-order valence-electron chi connectivity index (χ4n) is 3.45. The summed E-state index contributed by atoms with van der Waals surface area (Å²) < 4.78 is 49.6. The molecule has 33 heavy (non-hydrogen) atoms. The molecule has 4 nitrogen and oxygen atoms in total. The number of carbonyl (C=O) groups excluding carboxylic acids is 1. The molecule has 0 heterocycles. The summed E-state index contributed by atoms with van der Waals surface area (Å²) in [6.07, 6.45) is -1.54. The number of aliphatic hydroxyl groups excluding tert-OH is 1. The largest absolute Gasteiger partial charge is 0.497 e. The van der Waals surface area contributed by atoms with Crippen LogP contribution in [0.5, 0.6) is 5.75 Å². The summed E-state index contributed by atoms with van der Waals surface area (Å²) in [5.74, 6) is 0.104. The minimum absolute atomic E-state index is 0.255. The molecular formula is C26H23F3O4. The van der Waals surface area contributed by atoms with E-state index in [1.807, 2.05) is 6.07 Å². The lowest BCUT2D eigenvalue weighted by Crippen LogP contribution is -2.04. The van der Waals surface area contributed by atoms with Crippen molar-refractivity contribution in [1.82, 2.24) is 0 Å². The molecule has 0 unspecified atom stereocenters. The molecule has 0 spiro atoms. The number of methoxy groups -OCH3 is 1. The fourth-order valence-corrected chi connectivity index (χ4v) is 3.45. The van der Waals surface area contributed by atoms with E-state index in [9.17, 15) is 23.1 Å². The summed E-state index contributed by atoms with van der Waals surface area (Å²) in [5.41, 5.74) is 2.74. The van der Waals surface area contributed by atoms with Crippen LogP contribution in [0.1, 0.15) is 23.6 Å². The van der Waals surface area contributed by atoms with Gasteiger partial charge in [0.05, 0.1) is 25.9 Å². The summed E-state index contributed by atoms with van der Waals surface area (Å²) in [6.45, 7) is 1.61. The van der Waals surface area contributed by atoms with Gasteiger partial charge in [0.25, 0.3) is 0 Å². The Kier molecular flexibility index (Phi) is 7.55. The van der Waals surface area contributed by atoms with Crippen molar-refractivity contribution in [2.75, 3.05) is 13.7 Å². The van der Waals surface area contributed by atoms with E-state index in [1.54, 1.807) is 49.4 Å². The van der Waals surface area contributed by atoms with Crippen molar-refractivity contribution in [3.8, 4) is 28.0 Å². The number of alkyl halides is 3. The molecule has 3 aromatic rings. The molecule has 0 aromatic heterocycles. The number of halogens is 3. The molecule has 0 aliphatic heterocycles. The molecule has 0 amide bonds. The molecular weight excluding hydrogens is 433 g/mol. The topological polar surface area (TPSA) is 55.8 Å². The van der Waals surface area contributed by atoms with Crippen LogP contribution in [-0.4, -0.2) is 24.8 Å².